The summed E-state index contributed by atoms with van der Waals surface area (Å²) < 4.78 is 1.98. The summed E-state index contributed by atoms with van der Waals surface area (Å²) in [5, 5.41) is 1.76. The number of nitrogens with two attached hydrogens (primary N) is 1. The van der Waals surface area contributed by atoms with Gasteiger partial charge in [-0.25, -0.2) is 15.0 Å². The predicted octanol–water partition coefficient (Wildman–Crippen LogP) is -1.04. The molecule has 5 nitrogen and oxygen atoms in total. The molecule has 0 fully saturated rings. The molecule has 0 radical (unpaired) electrons. The Morgan fingerprint density at radius 3 is 3.06 bits per heavy atom. The Bertz CT molecular complexity index is 668. The van der Waals surface area contributed by atoms with Gasteiger partial charge in [0, 0.05) is 18.7 Å². The van der Waals surface area contributed by atoms with Crippen LogP contribution in [0.3, 0.4) is 0 Å². The predicted molar refractivity (Wildman–Crippen MR) is 60.6 cm³/mol. The monoisotopic (exact) mass is 213 g/mol. The quantitative estimate of drug-likeness (QED) is 0.606. The number of aryl methyl sites for hydroxylation is 1. The lowest BCUT2D eigenvalue weighted by Crippen LogP contribution is -2.31. The largest absolute Gasteiger partial charge is 0.383 e. The molecule has 80 valence electrons. The van der Waals surface area contributed by atoms with Gasteiger partial charge in [0.25, 0.3) is 0 Å². The van der Waals surface area contributed by atoms with Crippen LogP contribution in [0.5, 0.6) is 0 Å². The number of anilines is 1. The van der Waals surface area contributed by atoms with Crippen LogP contribution in [0.15, 0.2) is 12.7 Å². The number of hydrogen-bond acceptors (Lipinski definition) is 4. The molecule has 3 rings (SSSR count). The number of hydrogen-bond donors (Lipinski definition) is 1. The fraction of sp³-hybridized carbons (Fsp3) is 0.182. The first-order valence-electron chi connectivity index (χ1n) is 5.04. The highest BCUT2D eigenvalue weighted by Gasteiger charge is 2.09. The molecule has 0 saturated heterocycles. The smallest absolute Gasteiger partial charge is 0.134 e. The Kier molecular flexibility index (Phi) is 1.80. The summed E-state index contributed by atoms with van der Waals surface area (Å²) in [6.07, 6.45) is 8.08. The van der Waals surface area contributed by atoms with E-state index in [1.54, 1.807) is 0 Å². The van der Waals surface area contributed by atoms with Gasteiger partial charge < -0.3 is 10.3 Å². The first-order valence-corrected chi connectivity index (χ1v) is 5.04. The van der Waals surface area contributed by atoms with Crippen molar-refractivity contribution in [3.05, 3.63) is 34.6 Å². The summed E-state index contributed by atoms with van der Waals surface area (Å²) in [6, 6.07) is 0. The molecule has 2 N–H and O–H groups in total. The first kappa shape index (κ1) is 9.08. The van der Waals surface area contributed by atoms with E-state index >= 15 is 0 Å². The van der Waals surface area contributed by atoms with Gasteiger partial charge in [-0.15, -0.1) is 0 Å². The summed E-state index contributed by atoms with van der Waals surface area (Å²) in [4.78, 5) is 12.6. The molecule has 0 bridgehead atoms. The lowest BCUT2D eigenvalue weighted by Gasteiger charge is -1.96. The van der Waals surface area contributed by atoms with Crippen LogP contribution in [-0.4, -0.2) is 19.5 Å². The molecule has 1 aliphatic rings. The number of nitrogen functional groups attached to an aromatic ring is 1. The maximum atomic E-state index is 5.82. The van der Waals surface area contributed by atoms with E-state index in [1.165, 1.54) is 6.33 Å². The normalized spacial score (nSPS) is 13.1. The minimum Gasteiger partial charge on any atom is -0.383 e. The highest BCUT2D eigenvalue weighted by Crippen LogP contribution is 2.09. The highest BCUT2D eigenvalue weighted by atomic mass is 15.0. The van der Waals surface area contributed by atoms with E-state index in [-0.39, 0.29) is 0 Å². The third-order valence-electron chi connectivity index (χ3n) is 2.78. The highest BCUT2D eigenvalue weighted by molar-refractivity contribution is 5.55. The van der Waals surface area contributed by atoms with Crippen molar-refractivity contribution in [2.75, 3.05) is 5.73 Å². The van der Waals surface area contributed by atoms with Crippen molar-refractivity contribution in [2.45, 2.75) is 6.42 Å². The first-order chi connectivity index (χ1) is 7.75. The molecule has 1 aliphatic carbocycles. The van der Waals surface area contributed by atoms with Gasteiger partial charge in [0.15, 0.2) is 0 Å². The van der Waals surface area contributed by atoms with Crippen LogP contribution < -0.4 is 16.3 Å². The zero-order chi connectivity index (χ0) is 11.1. The number of rotatable bonds is 0. The molecule has 0 spiro atoms. The van der Waals surface area contributed by atoms with Crippen LogP contribution in [0, 0.1) is 0 Å². The van der Waals surface area contributed by atoms with E-state index in [4.69, 9.17) is 5.73 Å². The van der Waals surface area contributed by atoms with Crippen molar-refractivity contribution in [1.82, 2.24) is 19.5 Å². The standard InChI is InChI=1S/C11H11N5/c1-16-6-15-8-3-2-7-9(4-10(8)16)13-5-14-11(7)12/h2,4-6H,3H2,1H3,(H2,12,13,14). The molecule has 16 heavy (non-hydrogen) atoms. The molecule has 0 atom stereocenters. The van der Waals surface area contributed by atoms with Crippen molar-refractivity contribution in [3.8, 4) is 0 Å². The molecule has 0 amide bonds. The van der Waals surface area contributed by atoms with Crippen LogP contribution in [0.4, 0.5) is 5.82 Å². The van der Waals surface area contributed by atoms with Crippen LogP contribution in [0.2, 0.25) is 0 Å². The van der Waals surface area contributed by atoms with Gasteiger partial charge in [0.1, 0.15) is 12.1 Å². The number of nitrogens with zero attached hydrogens (tertiary/aromatic N) is 4. The molecular weight excluding hydrogens is 202 g/mol. The van der Waals surface area contributed by atoms with Crippen LogP contribution in [0.25, 0.3) is 12.2 Å². The summed E-state index contributed by atoms with van der Waals surface area (Å²) in [5.74, 6) is 0.522. The zero-order valence-electron chi connectivity index (χ0n) is 8.88. The lowest BCUT2D eigenvalue weighted by molar-refractivity contribution is 0.899. The Labute approximate surface area is 92.0 Å². The van der Waals surface area contributed by atoms with Crippen LogP contribution >= 0.6 is 0 Å². The Morgan fingerprint density at radius 1 is 1.31 bits per heavy atom. The second kappa shape index (κ2) is 3.16. The average molecular weight is 213 g/mol. The SMILES string of the molecule is Cn1cnc2c1C=c1ncnc(N)c1=CC2. The third-order valence-corrected chi connectivity index (χ3v) is 2.78. The van der Waals surface area contributed by atoms with Crippen molar-refractivity contribution in [2.24, 2.45) is 7.05 Å². The maximum absolute atomic E-state index is 5.82. The summed E-state index contributed by atoms with van der Waals surface area (Å²) in [5.41, 5.74) is 7.94. The maximum Gasteiger partial charge on any atom is 0.134 e. The number of fused-ring (bicyclic) bond motifs is 2. The van der Waals surface area contributed by atoms with Crippen molar-refractivity contribution in [3.63, 3.8) is 0 Å². The topological polar surface area (TPSA) is 69.6 Å². The number of imidazole rings is 1. The molecule has 2 heterocycles. The van der Waals surface area contributed by atoms with Gasteiger partial charge in [-0.1, -0.05) is 6.08 Å². The van der Waals surface area contributed by atoms with Gasteiger partial charge in [-0.05, 0) is 6.08 Å². The van der Waals surface area contributed by atoms with Gasteiger partial charge in [-0.3, -0.25) is 0 Å². The van der Waals surface area contributed by atoms with E-state index in [1.807, 2.05) is 30.1 Å². The molecule has 5 heteroatoms. The van der Waals surface area contributed by atoms with E-state index < -0.39 is 0 Å². The molecule has 0 saturated carbocycles. The molecule has 0 aliphatic heterocycles. The Morgan fingerprint density at radius 2 is 2.19 bits per heavy atom. The fourth-order valence-corrected chi connectivity index (χ4v) is 1.91. The van der Waals surface area contributed by atoms with Gasteiger partial charge >= 0.3 is 0 Å². The van der Waals surface area contributed by atoms with Crippen molar-refractivity contribution < 1.29 is 0 Å². The minimum absolute atomic E-state index is 0.522. The summed E-state index contributed by atoms with van der Waals surface area (Å²) >= 11 is 0. The third kappa shape index (κ3) is 1.21. The van der Waals surface area contributed by atoms with E-state index in [2.05, 4.69) is 15.0 Å². The van der Waals surface area contributed by atoms with Gasteiger partial charge in [0.05, 0.1) is 23.1 Å². The molecule has 2 aromatic heterocycles. The van der Waals surface area contributed by atoms with E-state index in [9.17, 15) is 0 Å². The summed E-state index contributed by atoms with van der Waals surface area (Å²) in [6.45, 7) is 0. The molecule has 2 aromatic rings. The molecule has 0 aromatic carbocycles. The number of aromatic nitrogens is 4. The molecular formula is C11H11N5. The van der Waals surface area contributed by atoms with Gasteiger partial charge in [0.2, 0.25) is 0 Å². The minimum atomic E-state index is 0.522. The second-order valence-electron chi connectivity index (χ2n) is 3.80. The fourth-order valence-electron chi connectivity index (χ4n) is 1.91. The van der Waals surface area contributed by atoms with Crippen LogP contribution in [0.1, 0.15) is 11.4 Å². The Balaban J connectivity index is 2.40. The van der Waals surface area contributed by atoms with Crippen molar-refractivity contribution >= 4 is 18.0 Å². The van der Waals surface area contributed by atoms with E-state index in [0.717, 1.165) is 28.4 Å². The average Bonchev–Trinajstić information content (AvgIpc) is 2.51. The zero-order valence-corrected chi connectivity index (χ0v) is 8.88. The molecule has 0 unspecified atom stereocenters. The summed E-state index contributed by atoms with van der Waals surface area (Å²) in [7, 11) is 1.97. The second-order valence-corrected chi connectivity index (χ2v) is 3.80. The Hall–Kier alpha value is -2.17. The van der Waals surface area contributed by atoms with Crippen LogP contribution in [-0.2, 0) is 13.5 Å². The van der Waals surface area contributed by atoms with E-state index in [0.29, 0.717) is 5.82 Å². The lowest BCUT2D eigenvalue weighted by atomic mass is 10.2. The van der Waals surface area contributed by atoms with Crippen molar-refractivity contribution in [1.29, 1.82) is 0 Å². The van der Waals surface area contributed by atoms with Gasteiger partial charge in [-0.2, -0.15) is 0 Å².